The molecule has 47 heavy (non-hydrogen) atoms. The van der Waals surface area contributed by atoms with Crippen molar-refractivity contribution in [3.05, 3.63) is 51.9 Å². The van der Waals surface area contributed by atoms with Crippen molar-refractivity contribution in [2.45, 2.75) is 78.7 Å². The molecule has 250 valence electrons. The summed E-state index contributed by atoms with van der Waals surface area (Å²) in [6.45, 7) is 7.76. The normalized spacial score (nSPS) is 21.5. The van der Waals surface area contributed by atoms with E-state index in [1.54, 1.807) is 31.2 Å². The van der Waals surface area contributed by atoms with Crippen molar-refractivity contribution in [3.8, 4) is 28.4 Å². The van der Waals surface area contributed by atoms with Crippen LogP contribution in [0, 0.1) is 6.92 Å². The van der Waals surface area contributed by atoms with Gasteiger partial charge in [0.2, 0.25) is 24.6 Å². The summed E-state index contributed by atoms with van der Waals surface area (Å²) < 4.78 is 50.9. The highest BCUT2D eigenvalue weighted by Crippen LogP contribution is 2.38. The number of fused-ring (bicyclic) bond motifs is 2. The SMILES string of the molecule is CCc1cc2c(=O)c(-c3ccc4c(c3)OCO4)c(C)oc2cc1O[C@H]1O[C@@H](COC(C)=O)[C@H](OC(C)=O)[C@@H](OC(C)=O)[C@@H]1OC(C)=O. The van der Waals surface area contributed by atoms with E-state index in [0.29, 0.717) is 40.4 Å². The standard InChI is InChI=1S/C33H34O14/c1-7-20-10-22-25(42-15(2)28(29(22)38)21-8-9-23-26(11-21)41-14-40-23)12-24(20)46-33-32(45-19(6)37)31(44-18(5)36)30(43-17(4)35)27(47-33)13-39-16(3)34/h8-12,27,30-33H,7,13-14H2,1-6H3/t27-,30-,31+,32-,33-/m0/s1. The maximum Gasteiger partial charge on any atom is 0.303 e. The number of rotatable bonds is 9. The highest BCUT2D eigenvalue weighted by molar-refractivity contribution is 5.85. The van der Waals surface area contributed by atoms with Gasteiger partial charge in [-0.3, -0.25) is 24.0 Å². The highest BCUT2D eigenvalue weighted by Gasteiger charge is 2.53. The summed E-state index contributed by atoms with van der Waals surface area (Å²) in [6, 6.07) is 8.35. The van der Waals surface area contributed by atoms with Crippen LogP contribution in [0.15, 0.2) is 39.5 Å². The molecule has 0 radical (unpaired) electrons. The molecule has 1 aromatic heterocycles. The number of aryl methyl sites for hydroxylation is 2. The number of hydrogen-bond acceptors (Lipinski definition) is 14. The molecule has 3 heterocycles. The Morgan fingerprint density at radius 3 is 2.15 bits per heavy atom. The number of hydrogen-bond donors (Lipinski definition) is 0. The molecule has 0 amide bonds. The molecule has 2 aromatic carbocycles. The Morgan fingerprint density at radius 1 is 0.830 bits per heavy atom. The Bertz CT molecular complexity index is 1780. The zero-order valence-corrected chi connectivity index (χ0v) is 26.6. The third-order valence-electron chi connectivity index (χ3n) is 7.48. The van der Waals surface area contributed by atoms with Crippen molar-refractivity contribution in [1.29, 1.82) is 0 Å². The summed E-state index contributed by atoms with van der Waals surface area (Å²) in [5.74, 6) is -1.30. The first-order valence-corrected chi connectivity index (χ1v) is 14.8. The maximum absolute atomic E-state index is 13.8. The first kappa shape index (κ1) is 33.3. The predicted octanol–water partition coefficient (Wildman–Crippen LogP) is 3.52. The molecule has 1 saturated heterocycles. The van der Waals surface area contributed by atoms with Crippen molar-refractivity contribution >= 4 is 34.8 Å². The van der Waals surface area contributed by atoms with Gasteiger partial charge in [-0.15, -0.1) is 0 Å². The van der Waals surface area contributed by atoms with Crippen molar-refractivity contribution < 1.29 is 61.5 Å². The molecular formula is C33H34O14. The van der Waals surface area contributed by atoms with E-state index in [1.807, 2.05) is 6.92 Å². The molecule has 2 aliphatic heterocycles. The Labute approximate surface area is 268 Å². The van der Waals surface area contributed by atoms with Gasteiger partial charge in [0.25, 0.3) is 0 Å². The van der Waals surface area contributed by atoms with Gasteiger partial charge in [0.1, 0.15) is 29.8 Å². The third kappa shape index (κ3) is 7.17. The minimum atomic E-state index is -1.46. The van der Waals surface area contributed by atoms with Crippen molar-refractivity contribution in [1.82, 2.24) is 0 Å². The van der Waals surface area contributed by atoms with Crippen molar-refractivity contribution in [2.24, 2.45) is 0 Å². The van der Waals surface area contributed by atoms with Gasteiger partial charge in [-0.25, -0.2) is 0 Å². The molecule has 0 bridgehead atoms. The Hall–Kier alpha value is -5.11. The number of esters is 4. The van der Waals surface area contributed by atoms with Crippen LogP contribution in [0.4, 0.5) is 0 Å². The first-order chi connectivity index (χ1) is 22.4. The van der Waals surface area contributed by atoms with Crippen LogP contribution >= 0.6 is 0 Å². The number of benzene rings is 2. The van der Waals surface area contributed by atoms with Crippen LogP contribution in [0.25, 0.3) is 22.1 Å². The second kappa shape index (κ2) is 13.7. The lowest BCUT2D eigenvalue weighted by Gasteiger charge is -2.44. The van der Waals surface area contributed by atoms with Gasteiger partial charge in [0.15, 0.2) is 23.7 Å². The van der Waals surface area contributed by atoms with Gasteiger partial charge in [0, 0.05) is 33.8 Å². The zero-order chi connectivity index (χ0) is 34.0. The van der Waals surface area contributed by atoms with Gasteiger partial charge in [-0.2, -0.15) is 0 Å². The summed E-state index contributed by atoms with van der Waals surface area (Å²) in [5, 5.41) is 0.286. The Morgan fingerprint density at radius 2 is 1.49 bits per heavy atom. The van der Waals surface area contributed by atoms with Crippen LogP contribution in [0.2, 0.25) is 0 Å². The van der Waals surface area contributed by atoms with Crippen molar-refractivity contribution in [3.63, 3.8) is 0 Å². The second-order valence-electron chi connectivity index (χ2n) is 10.9. The molecule has 2 aliphatic rings. The summed E-state index contributed by atoms with van der Waals surface area (Å²) in [5.41, 5.74) is 1.44. The molecule has 0 saturated carbocycles. The minimum Gasteiger partial charge on any atom is -0.463 e. The van der Waals surface area contributed by atoms with E-state index in [9.17, 15) is 24.0 Å². The molecule has 0 unspecified atom stereocenters. The van der Waals surface area contributed by atoms with E-state index < -0.39 is 61.2 Å². The molecule has 0 N–H and O–H groups in total. The largest absolute Gasteiger partial charge is 0.463 e. The predicted molar refractivity (Wildman–Crippen MR) is 161 cm³/mol. The molecule has 5 rings (SSSR count). The monoisotopic (exact) mass is 654 g/mol. The Balaban J connectivity index is 1.56. The molecule has 14 nitrogen and oxygen atoms in total. The summed E-state index contributed by atoms with van der Waals surface area (Å²) in [7, 11) is 0. The van der Waals surface area contributed by atoms with E-state index >= 15 is 0 Å². The van der Waals surface area contributed by atoms with Crippen LogP contribution in [-0.2, 0) is 49.3 Å². The maximum atomic E-state index is 13.8. The fraction of sp³-hybridized carbons (Fsp3) is 0.424. The van der Waals surface area contributed by atoms with Crippen LogP contribution < -0.4 is 19.6 Å². The van der Waals surface area contributed by atoms with E-state index in [0.717, 1.165) is 20.8 Å². The fourth-order valence-electron chi connectivity index (χ4n) is 5.56. The highest BCUT2D eigenvalue weighted by atomic mass is 16.7. The summed E-state index contributed by atoms with van der Waals surface area (Å²) in [4.78, 5) is 62.0. The van der Waals surface area contributed by atoms with Crippen LogP contribution in [0.1, 0.15) is 45.9 Å². The summed E-state index contributed by atoms with van der Waals surface area (Å²) >= 11 is 0. The van der Waals surface area contributed by atoms with Gasteiger partial charge in [0.05, 0.1) is 10.9 Å². The van der Waals surface area contributed by atoms with Gasteiger partial charge >= 0.3 is 23.9 Å². The van der Waals surface area contributed by atoms with Crippen LogP contribution in [-0.4, -0.2) is 68.0 Å². The average molecular weight is 655 g/mol. The third-order valence-corrected chi connectivity index (χ3v) is 7.48. The van der Waals surface area contributed by atoms with Crippen LogP contribution in [0.3, 0.4) is 0 Å². The lowest BCUT2D eigenvalue weighted by atomic mass is 9.97. The molecule has 5 atom stereocenters. The van der Waals surface area contributed by atoms with E-state index in [2.05, 4.69) is 0 Å². The quantitative estimate of drug-likeness (QED) is 0.242. The van der Waals surface area contributed by atoms with Gasteiger partial charge < -0.3 is 42.3 Å². The zero-order valence-electron chi connectivity index (χ0n) is 26.6. The molecule has 1 fully saturated rings. The summed E-state index contributed by atoms with van der Waals surface area (Å²) in [6.07, 6.45) is -6.44. The van der Waals surface area contributed by atoms with E-state index in [-0.39, 0.29) is 28.9 Å². The van der Waals surface area contributed by atoms with E-state index in [1.165, 1.54) is 13.0 Å². The topological polar surface area (TPSA) is 172 Å². The molecule has 14 heteroatoms. The number of carbonyl (C=O) groups excluding carboxylic acids is 4. The smallest absolute Gasteiger partial charge is 0.303 e. The van der Waals surface area contributed by atoms with Crippen LogP contribution in [0.5, 0.6) is 17.2 Å². The number of carbonyl (C=O) groups is 4. The lowest BCUT2D eigenvalue weighted by Crippen LogP contribution is -2.63. The molecular weight excluding hydrogens is 620 g/mol. The number of ether oxygens (including phenoxy) is 8. The fourth-order valence-corrected chi connectivity index (χ4v) is 5.56. The van der Waals surface area contributed by atoms with Gasteiger partial charge in [-0.1, -0.05) is 13.0 Å². The Kier molecular flexibility index (Phi) is 9.70. The first-order valence-electron chi connectivity index (χ1n) is 14.8. The lowest BCUT2D eigenvalue weighted by molar-refractivity contribution is -0.288. The minimum absolute atomic E-state index is 0.0896. The molecule has 0 aliphatic carbocycles. The molecule has 3 aromatic rings. The second-order valence-corrected chi connectivity index (χ2v) is 10.9. The average Bonchev–Trinajstić information content (AvgIpc) is 3.46. The van der Waals surface area contributed by atoms with Gasteiger partial charge in [-0.05, 0) is 42.7 Å². The van der Waals surface area contributed by atoms with Crippen molar-refractivity contribution in [2.75, 3.05) is 13.4 Å². The van der Waals surface area contributed by atoms with E-state index in [4.69, 9.17) is 42.3 Å². The molecule has 0 spiro atoms.